The van der Waals surface area contributed by atoms with Crippen LogP contribution in [0.5, 0.6) is 0 Å². The van der Waals surface area contributed by atoms with Crippen LogP contribution in [0.4, 0.5) is 22.7 Å². The minimum atomic E-state index is -3.83. The Balaban J connectivity index is 0.000000199. The molecule has 0 unspecified atom stereocenters. The number of hydrogen-bond donors (Lipinski definition) is 14. The summed E-state index contributed by atoms with van der Waals surface area (Å²) in [6.07, 6.45) is 16.8. The van der Waals surface area contributed by atoms with Gasteiger partial charge in [-0.2, -0.15) is 0 Å². The number of hydrogen-bond acceptors (Lipinski definition) is 25. The van der Waals surface area contributed by atoms with E-state index in [2.05, 4.69) is 48.1 Å². The number of carboxylic acids is 1. The minimum absolute atomic E-state index is 0.0297. The lowest BCUT2D eigenvalue weighted by Gasteiger charge is -2.38. The molecule has 4 aliphatic heterocycles. The Morgan fingerprint density at radius 2 is 0.568 bits per heavy atom. The average molecular weight is 1800 g/mol. The van der Waals surface area contributed by atoms with E-state index in [1.165, 1.54) is 131 Å². The van der Waals surface area contributed by atoms with E-state index < -0.39 is 111 Å². The molecule has 4 saturated heterocycles. The molecule has 664 valence electrons. The van der Waals surface area contributed by atoms with E-state index in [4.69, 9.17) is 48.6 Å². The Kier molecular flexibility index (Phi) is 33.2. The Morgan fingerprint density at radius 1 is 0.336 bits per heavy atom. The fourth-order valence-corrected chi connectivity index (χ4v) is 15.7. The van der Waals surface area contributed by atoms with Gasteiger partial charge in [0.2, 0.25) is 63.7 Å². The van der Waals surface area contributed by atoms with Crippen LogP contribution in [0.3, 0.4) is 0 Å². The Hall–Kier alpha value is -13.3. The zero-order valence-corrected chi connectivity index (χ0v) is 71.0. The number of carbonyl (C=O) groups excluding carboxylic acids is 11. The maximum atomic E-state index is 13.0. The lowest BCUT2D eigenvalue weighted by Crippen LogP contribution is -2.46. The lowest BCUT2D eigenvalue weighted by atomic mass is 9.90. The topological polar surface area (TPSA) is 691 Å². The van der Waals surface area contributed by atoms with Crippen LogP contribution >= 0.6 is 0 Å². The van der Waals surface area contributed by atoms with E-state index in [0.717, 1.165) is 43.7 Å². The fraction of sp³-hybridized carbons (Fsp3) is 0.300. The number of carbonyl (C=O) groups is 12. The maximum Gasteiger partial charge on any atom is 0.394 e. The molecule has 125 heavy (non-hydrogen) atoms. The first-order valence-corrected chi connectivity index (χ1v) is 44.5. The molecule has 8 heterocycles. The van der Waals surface area contributed by atoms with Crippen molar-refractivity contribution in [1.82, 2.24) is 40.0 Å². The number of benzene rings is 4. The first-order valence-electron chi connectivity index (χ1n) is 38.3. The van der Waals surface area contributed by atoms with Crippen LogP contribution in [-0.2, 0) is 78.4 Å². The third kappa shape index (κ3) is 28.1. The Bertz CT molecular complexity index is 5430. The first kappa shape index (κ1) is 97.2. The number of pyridine rings is 4. The van der Waals surface area contributed by atoms with E-state index in [1.54, 1.807) is 48.5 Å². The summed E-state index contributed by atoms with van der Waals surface area (Å²) >= 11 is 0. The quantitative estimate of drug-likeness (QED) is 0.0618. The molecule has 0 aliphatic carbocycles. The number of aliphatic carboxylic acids is 1. The number of aromatic nitrogens is 4. The predicted octanol–water partition coefficient (Wildman–Crippen LogP) is 2.90. The minimum Gasteiger partial charge on any atom is -0.474 e. The summed E-state index contributed by atoms with van der Waals surface area (Å²) in [7, 11) is -15.1. The van der Waals surface area contributed by atoms with Gasteiger partial charge in [-0.3, -0.25) is 72.7 Å². The summed E-state index contributed by atoms with van der Waals surface area (Å²) in [5, 5.41) is 41.6. The second kappa shape index (κ2) is 42.7. The van der Waals surface area contributed by atoms with Crippen LogP contribution in [0.2, 0.25) is 0 Å². The highest BCUT2D eigenvalue weighted by Gasteiger charge is 2.38. The Morgan fingerprint density at radius 3 is 0.784 bits per heavy atom. The zero-order valence-electron chi connectivity index (χ0n) is 67.8. The molecule has 4 aromatic heterocycles. The van der Waals surface area contributed by atoms with E-state index in [-0.39, 0.29) is 100 Å². The molecule has 45 heteroatoms. The summed E-state index contributed by atoms with van der Waals surface area (Å²) in [4.78, 5) is 162. The third-order valence-electron chi connectivity index (χ3n) is 20.2. The van der Waals surface area contributed by atoms with Crippen molar-refractivity contribution in [2.24, 2.45) is 67.2 Å². The standard InChI is InChI=1S/3C20H23N5O5S.C12H18N2O2S.C8H7N3O4/c3*1-12-2-7-17(13-3-5-16(6-4-13)31(22,29)30)25(11-12)20(28)19(27)24-15-8-14(18(21)26)9-23-10-15;1-9-2-7-12(14-8-9)10-3-5-11(6-4-10)17(13,15)16;9-6(12)4-1-5(3-10-2-4)11-7(13)8(14)15/h3*3-6,8-10,12,17H,2,7,11H2,1H3,(H2,21,26)(H,24,27)(H2,22,29,30);3-6,9,12,14H,2,7-8H2,1H3,(H2,13,15,16);1-3H,(H2,9,12)(H,11,13)(H,14,15)/t3*12-,17+;9-,12+;/m1000./s1. The molecule has 8 atom stereocenters. The molecular weight excluding hydrogens is 1710 g/mol. The number of rotatable bonds is 16. The van der Waals surface area contributed by atoms with Crippen LogP contribution in [0.25, 0.3) is 0 Å². The summed E-state index contributed by atoms with van der Waals surface area (Å²) < 4.78 is 91.2. The third-order valence-corrected chi connectivity index (χ3v) is 23.9. The van der Waals surface area contributed by atoms with Crippen molar-refractivity contribution in [3.05, 3.63) is 215 Å². The van der Waals surface area contributed by atoms with E-state index in [1.807, 2.05) is 38.2 Å². The van der Waals surface area contributed by atoms with Crippen molar-refractivity contribution >= 4 is 134 Å². The van der Waals surface area contributed by atoms with Gasteiger partial charge in [-0.1, -0.05) is 76.2 Å². The molecule has 4 aliphatic rings. The van der Waals surface area contributed by atoms with Gasteiger partial charge in [0.1, 0.15) is 0 Å². The SMILES string of the molecule is C[C@@H]1CC[C@@H](c2ccc(S(N)(=O)=O)cc2)N(C(=O)C(=O)Nc2cncc(C(N)=O)c2)C1.C[C@H]1CC[C@H](c2ccc(S(N)(=O)=O)cc2)N(C(=O)C(=O)Nc2cncc(C(N)=O)c2)C1.C[C@H]1CC[C@H](c2ccc(S(N)(=O)=O)cc2)N(C(=O)C(=O)Nc2cncc(C(N)=O)c2)C1.C[C@H]1CC[C@H](c2ccc(S(N)(=O)=O)cc2)NC1.NC(=O)c1cncc(NC(=O)C(=O)O)c1. The largest absolute Gasteiger partial charge is 0.474 e. The van der Waals surface area contributed by atoms with Crippen molar-refractivity contribution in [2.45, 2.75) is 123 Å². The molecule has 0 saturated carbocycles. The maximum absolute atomic E-state index is 13.0. The fourth-order valence-electron chi connectivity index (χ4n) is 13.7. The van der Waals surface area contributed by atoms with Gasteiger partial charge < -0.3 is 69.3 Å². The smallest absolute Gasteiger partial charge is 0.394 e. The molecule has 41 nitrogen and oxygen atoms in total. The number of nitrogens with one attached hydrogen (secondary N) is 5. The number of nitrogens with two attached hydrogens (primary N) is 8. The van der Waals surface area contributed by atoms with Crippen LogP contribution in [0.1, 0.15) is 167 Å². The molecule has 4 fully saturated rings. The molecule has 12 rings (SSSR count). The van der Waals surface area contributed by atoms with Crippen LogP contribution < -0.4 is 70.1 Å². The van der Waals surface area contributed by atoms with Gasteiger partial charge in [-0.15, -0.1) is 0 Å². The molecule has 0 bridgehead atoms. The number of amides is 11. The molecule has 11 amide bonds. The van der Waals surface area contributed by atoms with E-state index in [9.17, 15) is 91.2 Å². The number of primary sulfonamides is 4. The second-order valence-corrected chi connectivity index (χ2v) is 36.2. The summed E-state index contributed by atoms with van der Waals surface area (Å²) in [5.41, 5.74) is 24.9. The van der Waals surface area contributed by atoms with Crippen molar-refractivity contribution in [3.63, 3.8) is 0 Å². The van der Waals surface area contributed by atoms with Crippen molar-refractivity contribution in [3.8, 4) is 0 Å². The lowest BCUT2D eigenvalue weighted by molar-refractivity contribution is -0.147. The first-order chi connectivity index (χ1) is 58.6. The number of piperidine rings is 4. The molecular formula is C80H94N20O21S4. The van der Waals surface area contributed by atoms with Gasteiger partial charge in [-0.25, -0.2) is 59.0 Å². The van der Waals surface area contributed by atoms with Crippen molar-refractivity contribution < 1.29 is 96.3 Å². The monoisotopic (exact) mass is 1800 g/mol. The van der Waals surface area contributed by atoms with Gasteiger partial charge in [0.05, 0.1) is 107 Å². The molecule has 0 radical (unpaired) electrons. The number of carboxylic acid groups (broad SMARTS) is 1. The molecule has 4 aromatic carbocycles. The van der Waals surface area contributed by atoms with Crippen molar-refractivity contribution in [1.29, 1.82) is 0 Å². The summed E-state index contributed by atoms with van der Waals surface area (Å²) in [6.45, 7) is 10.3. The van der Waals surface area contributed by atoms with Gasteiger partial charge in [0.15, 0.2) is 0 Å². The Labute approximate surface area is 718 Å². The number of primary amides is 4. The predicted molar refractivity (Wildman–Crippen MR) is 452 cm³/mol. The number of nitrogens with zero attached hydrogens (tertiary/aromatic N) is 7. The van der Waals surface area contributed by atoms with Crippen LogP contribution in [0, 0.1) is 23.7 Å². The zero-order chi connectivity index (χ0) is 92.2. The molecule has 22 N–H and O–H groups in total. The molecule has 8 aromatic rings. The van der Waals surface area contributed by atoms with Gasteiger partial charge in [0.25, 0.3) is 0 Å². The van der Waals surface area contributed by atoms with Crippen molar-refractivity contribution in [2.75, 3.05) is 47.4 Å². The highest BCUT2D eigenvalue weighted by Crippen LogP contribution is 2.38. The highest BCUT2D eigenvalue weighted by molar-refractivity contribution is 7.90. The van der Waals surface area contributed by atoms with Gasteiger partial charge >= 0.3 is 47.3 Å². The number of likely N-dealkylation sites (tertiary alicyclic amines) is 3. The summed E-state index contributed by atoms with van der Waals surface area (Å²) in [5.74, 6) is -9.21. The van der Waals surface area contributed by atoms with E-state index >= 15 is 0 Å². The van der Waals surface area contributed by atoms with Crippen LogP contribution in [-0.4, -0.2) is 171 Å². The number of sulfonamides is 4. The van der Waals surface area contributed by atoms with E-state index in [0.29, 0.717) is 61.6 Å². The molecule has 0 spiro atoms. The highest BCUT2D eigenvalue weighted by atomic mass is 32.2. The van der Waals surface area contributed by atoms with Gasteiger partial charge in [-0.05, 0) is 177 Å². The average Bonchev–Trinajstić information content (AvgIpc) is 0.805. The summed E-state index contributed by atoms with van der Waals surface area (Å²) in [6, 6.07) is 29.1. The second-order valence-electron chi connectivity index (χ2n) is 30.0. The normalized spacial score (nSPS) is 18.7. The van der Waals surface area contributed by atoms with Gasteiger partial charge in [0, 0.05) is 50.5 Å². The number of anilines is 4. The van der Waals surface area contributed by atoms with Crippen LogP contribution in [0.15, 0.2) is 190 Å².